The topological polar surface area (TPSA) is 24.4 Å². The van der Waals surface area contributed by atoms with Crippen molar-refractivity contribution in [3.8, 4) is 0 Å². The van der Waals surface area contributed by atoms with E-state index < -0.39 is 0 Å². The summed E-state index contributed by atoms with van der Waals surface area (Å²) in [7, 11) is 1.83. The number of aliphatic imine (C=N–C) groups is 1. The Hall–Kier alpha value is -1.31. The van der Waals surface area contributed by atoms with Gasteiger partial charge in [0.25, 0.3) is 0 Å². The Morgan fingerprint density at radius 1 is 1.29 bits per heavy atom. The molecule has 14 heavy (non-hydrogen) atoms. The molecule has 1 aliphatic heterocycles. The fraction of sp³-hybridized carbons (Fsp3) is 0.417. The van der Waals surface area contributed by atoms with Crippen molar-refractivity contribution in [1.82, 2.24) is 5.32 Å². The molecule has 74 valence electrons. The van der Waals surface area contributed by atoms with Gasteiger partial charge < -0.3 is 5.32 Å². The van der Waals surface area contributed by atoms with Crippen molar-refractivity contribution in [1.29, 1.82) is 0 Å². The van der Waals surface area contributed by atoms with Gasteiger partial charge in [0.15, 0.2) is 0 Å². The van der Waals surface area contributed by atoms with Crippen molar-refractivity contribution in [2.24, 2.45) is 4.99 Å². The molecule has 1 heterocycles. The Morgan fingerprint density at radius 3 is 2.71 bits per heavy atom. The SMILES string of the molecule is CN=C1NC(C)(C)Cc2ccccc21. The van der Waals surface area contributed by atoms with E-state index in [4.69, 9.17) is 0 Å². The molecule has 2 heteroatoms. The van der Waals surface area contributed by atoms with E-state index in [1.807, 2.05) is 7.05 Å². The zero-order valence-corrected chi connectivity index (χ0v) is 8.96. The second-order valence-electron chi connectivity index (χ2n) is 4.42. The second-order valence-corrected chi connectivity index (χ2v) is 4.42. The summed E-state index contributed by atoms with van der Waals surface area (Å²) in [5.41, 5.74) is 2.74. The average molecular weight is 188 g/mol. The minimum Gasteiger partial charge on any atom is -0.365 e. The molecule has 0 saturated heterocycles. The number of nitrogens with one attached hydrogen (secondary N) is 1. The third-order valence-electron chi connectivity index (χ3n) is 2.59. The number of amidine groups is 1. The standard InChI is InChI=1S/C12H16N2/c1-12(2)8-9-6-4-5-7-10(9)11(13-3)14-12/h4-7H,8H2,1-3H3,(H,13,14). The molecular weight excluding hydrogens is 172 g/mol. The number of rotatable bonds is 0. The number of hydrogen-bond donors (Lipinski definition) is 1. The predicted molar refractivity (Wildman–Crippen MR) is 59.8 cm³/mol. The van der Waals surface area contributed by atoms with Gasteiger partial charge in [-0.15, -0.1) is 0 Å². The van der Waals surface area contributed by atoms with Crippen LogP contribution in [-0.4, -0.2) is 18.4 Å². The van der Waals surface area contributed by atoms with E-state index in [9.17, 15) is 0 Å². The van der Waals surface area contributed by atoms with Crippen molar-refractivity contribution in [3.63, 3.8) is 0 Å². The lowest BCUT2D eigenvalue weighted by molar-refractivity contribution is 0.448. The largest absolute Gasteiger partial charge is 0.365 e. The Labute approximate surface area is 85.1 Å². The van der Waals surface area contributed by atoms with Crippen LogP contribution in [0.4, 0.5) is 0 Å². The molecule has 0 aliphatic carbocycles. The first-order valence-electron chi connectivity index (χ1n) is 4.96. The van der Waals surface area contributed by atoms with Gasteiger partial charge in [-0.05, 0) is 25.8 Å². The van der Waals surface area contributed by atoms with E-state index in [1.54, 1.807) is 0 Å². The fourth-order valence-corrected chi connectivity index (χ4v) is 1.99. The van der Waals surface area contributed by atoms with Crippen LogP contribution < -0.4 is 5.32 Å². The Bertz CT molecular complexity index is 378. The van der Waals surface area contributed by atoms with Crippen LogP contribution in [0.15, 0.2) is 29.3 Å². The van der Waals surface area contributed by atoms with Crippen molar-refractivity contribution in [3.05, 3.63) is 35.4 Å². The highest BCUT2D eigenvalue weighted by molar-refractivity contribution is 6.01. The molecule has 2 rings (SSSR count). The highest BCUT2D eigenvalue weighted by Crippen LogP contribution is 2.22. The van der Waals surface area contributed by atoms with Gasteiger partial charge in [0.2, 0.25) is 0 Å². The lowest BCUT2D eigenvalue weighted by Crippen LogP contribution is -2.49. The molecule has 1 aliphatic rings. The van der Waals surface area contributed by atoms with E-state index in [2.05, 4.69) is 48.4 Å². The van der Waals surface area contributed by atoms with Gasteiger partial charge in [0.05, 0.1) is 0 Å². The van der Waals surface area contributed by atoms with E-state index >= 15 is 0 Å². The smallest absolute Gasteiger partial charge is 0.128 e. The third-order valence-corrected chi connectivity index (χ3v) is 2.59. The maximum absolute atomic E-state index is 4.29. The van der Waals surface area contributed by atoms with Crippen LogP contribution in [0.3, 0.4) is 0 Å². The summed E-state index contributed by atoms with van der Waals surface area (Å²) in [6.07, 6.45) is 1.06. The lowest BCUT2D eigenvalue weighted by Gasteiger charge is -2.34. The van der Waals surface area contributed by atoms with Gasteiger partial charge in [-0.2, -0.15) is 0 Å². The molecule has 0 fully saturated rings. The number of fused-ring (bicyclic) bond motifs is 1. The average Bonchev–Trinajstić information content (AvgIpc) is 2.15. The van der Waals surface area contributed by atoms with Crippen LogP contribution in [0.2, 0.25) is 0 Å². The molecule has 1 aromatic carbocycles. The van der Waals surface area contributed by atoms with Crippen molar-refractivity contribution in [2.45, 2.75) is 25.8 Å². The second kappa shape index (κ2) is 3.12. The van der Waals surface area contributed by atoms with Gasteiger partial charge in [-0.25, -0.2) is 0 Å². The van der Waals surface area contributed by atoms with E-state index in [0.29, 0.717) is 0 Å². The van der Waals surface area contributed by atoms with Gasteiger partial charge in [0, 0.05) is 18.2 Å². The lowest BCUT2D eigenvalue weighted by atomic mass is 9.87. The molecule has 0 atom stereocenters. The molecule has 0 radical (unpaired) electrons. The van der Waals surface area contributed by atoms with Crippen LogP contribution in [0.1, 0.15) is 25.0 Å². The summed E-state index contributed by atoms with van der Waals surface area (Å²) < 4.78 is 0. The van der Waals surface area contributed by atoms with Gasteiger partial charge in [-0.1, -0.05) is 24.3 Å². The first kappa shape index (κ1) is 9.25. The maximum atomic E-state index is 4.29. The Kier molecular flexibility index (Phi) is 2.06. The normalized spacial score (nSPS) is 21.5. The summed E-state index contributed by atoms with van der Waals surface area (Å²) in [6.45, 7) is 4.40. The van der Waals surface area contributed by atoms with E-state index in [1.165, 1.54) is 11.1 Å². The molecule has 0 bridgehead atoms. The van der Waals surface area contributed by atoms with Crippen LogP contribution in [0, 0.1) is 0 Å². The molecule has 0 amide bonds. The molecule has 2 nitrogen and oxygen atoms in total. The van der Waals surface area contributed by atoms with Crippen molar-refractivity contribution in [2.75, 3.05) is 7.05 Å². The number of benzene rings is 1. The first-order chi connectivity index (χ1) is 6.62. The highest BCUT2D eigenvalue weighted by Gasteiger charge is 2.27. The van der Waals surface area contributed by atoms with Gasteiger partial charge in [0.1, 0.15) is 5.84 Å². The molecule has 0 spiro atoms. The van der Waals surface area contributed by atoms with Crippen LogP contribution in [0.25, 0.3) is 0 Å². The van der Waals surface area contributed by atoms with Crippen LogP contribution >= 0.6 is 0 Å². The predicted octanol–water partition coefficient (Wildman–Crippen LogP) is 1.99. The number of hydrogen-bond acceptors (Lipinski definition) is 1. The quantitative estimate of drug-likeness (QED) is 0.661. The van der Waals surface area contributed by atoms with E-state index in [0.717, 1.165) is 12.3 Å². The fourth-order valence-electron chi connectivity index (χ4n) is 1.99. The Balaban J connectivity index is 2.52. The molecule has 1 N–H and O–H groups in total. The summed E-state index contributed by atoms with van der Waals surface area (Å²) in [6, 6.07) is 8.46. The third kappa shape index (κ3) is 1.52. The monoisotopic (exact) mass is 188 g/mol. The first-order valence-corrected chi connectivity index (χ1v) is 4.96. The van der Waals surface area contributed by atoms with Crippen LogP contribution in [0.5, 0.6) is 0 Å². The molecule has 0 unspecified atom stereocenters. The van der Waals surface area contributed by atoms with Crippen molar-refractivity contribution >= 4 is 5.84 Å². The summed E-state index contributed by atoms with van der Waals surface area (Å²) >= 11 is 0. The zero-order valence-electron chi connectivity index (χ0n) is 8.96. The minimum atomic E-state index is 0.114. The summed E-state index contributed by atoms with van der Waals surface area (Å²) in [5.74, 6) is 1.01. The van der Waals surface area contributed by atoms with Gasteiger partial charge in [-0.3, -0.25) is 4.99 Å². The molecule has 0 saturated carbocycles. The minimum absolute atomic E-state index is 0.114. The molecule has 1 aromatic rings. The maximum Gasteiger partial charge on any atom is 0.128 e. The van der Waals surface area contributed by atoms with E-state index in [-0.39, 0.29) is 5.54 Å². The molecule has 0 aromatic heterocycles. The highest BCUT2D eigenvalue weighted by atomic mass is 15.1. The zero-order chi connectivity index (χ0) is 10.2. The van der Waals surface area contributed by atoms with Crippen LogP contribution in [-0.2, 0) is 6.42 Å². The summed E-state index contributed by atoms with van der Waals surface area (Å²) in [5, 5.41) is 3.45. The summed E-state index contributed by atoms with van der Waals surface area (Å²) in [4.78, 5) is 4.29. The Morgan fingerprint density at radius 2 is 2.00 bits per heavy atom. The molecular formula is C12H16N2. The number of nitrogens with zero attached hydrogens (tertiary/aromatic N) is 1. The van der Waals surface area contributed by atoms with Gasteiger partial charge >= 0.3 is 0 Å². The van der Waals surface area contributed by atoms with Crippen molar-refractivity contribution < 1.29 is 0 Å².